The van der Waals surface area contributed by atoms with Gasteiger partial charge >= 0.3 is 17.1 Å². The number of benzene rings is 2. The monoisotopic (exact) mass is 310 g/mol. The molecular formula is C17H14N2O4. The Balaban J connectivity index is 2.27. The normalized spacial score (nSPS) is 10.8. The van der Waals surface area contributed by atoms with Crippen molar-refractivity contribution in [3.8, 4) is 0 Å². The second kappa shape index (κ2) is 5.92. The molecule has 0 aliphatic heterocycles. The Morgan fingerprint density at radius 2 is 1.35 bits per heavy atom. The Hall–Kier alpha value is -3.15. The van der Waals surface area contributed by atoms with Crippen molar-refractivity contribution in [1.29, 1.82) is 0 Å². The summed E-state index contributed by atoms with van der Waals surface area (Å²) in [7, 11) is 0. The molecule has 1 heterocycles. The van der Waals surface area contributed by atoms with Gasteiger partial charge in [-0.1, -0.05) is 42.5 Å². The van der Waals surface area contributed by atoms with E-state index in [1.165, 1.54) is 4.57 Å². The number of para-hydroxylation sites is 2. The standard InChI is InChI=1S/C17H14N2O4/c20-15(21)11-19-14-9-5-4-8-13(14)18(16(22)17(19)23)10-12-6-2-1-3-7-12/h1-9H,10-11H2,(H,20,21). The smallest absolute Gasteiger partial charge is 0.323 e. The van der Waals surface area contributed by atoms with Crippen molar-refractivity contribution in [1.82, 2.24) is 9.13 Å². The van der Waals surface area contributed by atoms with E-state index in [9.17, 15) is 14.4 Å². The number of aliphatic carboxylic acids is 1. The van der Waals surface area contributed by atoms with E-state index >= 15 is 0 Å². The number of carboxylic acid groups (broad SMARTS) is 1. The molecule has 0 radical (unpaired) electrons. The van der Waals surface area contributed by atoms with Gasteiger partial charge in [0.1, 0.15) is 6.54 Å². The Morgan fingerprint density at radius 3 is 1.96 bits per heavy atom. The van der Waals surface area contributed by atoms with Gasteiger partial charge in [-0.2, -0.15) is 0 Å². The number of rotatable bonds is 4. The first-order valence-electron chi connectivity index (χ1n) is 7.06. The third-order valence-corrected chi connectivity index (χ3v) is 3.61. The SMILES string of the molecule is O=C(O)Cn1c(=O)c(=O)n(Cc2ccccc2)c2ccccc21. The Morgan fingerprint density at radius 1 is 0.826 bits per heavy atom. The predicted molar refractivity (Wildman–Crippen MR) is 85.6 cm³/mol. The van der Waals surface area contributed by atoms with Crippen LogP contribution in [0, 0.1) is 0 Å². The van der Waals surface area contributed by atoms with Gasteiger partial charge in [0, 0.05) is 0 Å². The summed E-state index contributed by atoms with van der Waals surface area (Å²) in [6.45, 7) is -0.288. The topological polar surface area (TPSA) is 81.3 Å². The van der Waals surface area contributed by atoms with Gasteiger partial charge in [-0.05, 0) is 17.7 Å². The van der Waals surface area contributed by atoms with Gasteiger partial charge in [-0.25, -0.2) is 0 Å². The minimum atomic E-state index is -1.17. The van der Waals surface area contributed by atoms with E-state index in [-0.39, 0.29) is 6.54 Å². The van der Waals surface area contributed by atoms with Crippen molar-refractivity contribution < 1.29 is 9.90 Å². The van der Waals surface area contributed by atoms with Gasteiger partial charge < -0.3 is 5.11 Å². The van der Waals surface area contributed by atoms with Crippen LogP contribution in [-0.2, 0) is 17.9 Å². The van der Waals surface area contributed by atoms with Crippen LogP contribution in [0.4, 0.5) is 0 Å². The summed E-state index contributed by atoms with van der Waals surface area (Å²) in [5.41, 5.74) is 0.281. The lowest BCUT2D eigenvalue weighted by molar-refractivity contribution is -0.137. The van der Waals surface area contributed by atoms with E-state index < -0.39 is 23.6 Å². The molecule has 0 spiro atoms. The summed E-state index contributed by atoms with van der Waals surface area (Å²) < 4.78 is 2.38. The number of hydrogen-bond donors (Lipinski definition) is 1. The number of aromatic nitrogens is 2. The third-order valence-electron chi connectivity index (χ3n) is 3.61. The molecule has 3 rings (SSSR count). The molecule has 0 fully saturated rings. The average molecular weight is 310 g/mol. The van der Waals surface area contributed by atoms with Crippen molar-refractivity contribution in [2.45, 2.75) is 13.1 Å². The van der Waals surface area contributed by atoms with Crippen LogP contribution in [0.15, 0.2) is 64.2 Å². The molecule has 0 atom stereocenters. The first-order chi connectivity index (χ1) is 11.1. The second-order valence-corrected chi connectivity index (χ2v) is 5.15. The molecule has 6 nitrogen and oxygen atoms in total. The van der Waals surface area contributed by atoms with Gasteiger partial charge in [0.05, 0.1) is 17.6 Å². The molecule has 1 N–H and O–H groups in total. The number of carboxylic acids is 1. The van der Waals surface area contributed by atoms with E-state index in [1.54, 1.807) is 24.3 Å². The second-order valence-electron chi connectivity index (χ2n) is 5.15. The largest absolute Gasteiger partial charge is 0.480 e. The number of hydrogen-bond acceptors (Lipinski definition) is 3. The molecule has 1 aromatic heterocycles. The van der Waals surface area contributed by atoms with E-state index in [0.29, 0.717) is 11.0 Å². The number of nitrogens with zero attached hydrogens (tertiary/aromatic N) is 2. The zero-order chi connectivity index (χ0) is 16.4. The van der Waals surface area contributed by atoms with Crippen LogP contribution in [0.3, 0.4) is 0 Å². The van der Waals surface area contributed by atoms with E-state index in [0.717, 1.165) is 10.1 Å². The predicted octanol–water partition coefficient (Wildman–Crippen LogP) is 1.30. The third kappa shape index (κ3) is 2.78. The summed E-state index contributed by atoms with van der Waals surface area (Å²) in [4.78, 5) is 35.7. The maximum atomic E-state index is 12.4. The molecule has 116 valence electrons. The van der Waals surface area contributed by atoms with E-state index in [1.807, 2.05) is 30.3 Å². The van der Waals surface area contributed by atoms with Crippen LogP contribution in [0.5, 0.6) is 0 Å². The fraction of sp³-hybridized carbons (Fsp3) is 0.118. The highest BCUT2D eigenvalue weighted by molar-refractivity contribution is 5.77. The molecule has 0 saturated heterocycles. The molecule has 0 unspecified atom stereocenters. The van der Waals surface area contributed by atoms with Gasteiger partial charge in [-0.15, -0.1) is 0 Å². The molecule has 2 aromatic carbocycles. The molecule has 3 aromatic rings. The van der Waals surface area contributed by atoms with Crippen LogP contribution in [0.1, 0.15) is 5.56 Å². The number of fused-ring (bicyclic) bond motifs is 1. The van der Waals surface area contributed by atoms with Gasteiger partial charge in [-0.3, -0.25) is 23.5 Å². The maximum Gasteiger partial charge on any atom is 0.323 e. The van der Waals surface area contributed by atoms with Crippen molar-refractivity contribution in [3.63, 3.8) is 0 Å². The zero-order valence-corrected chi connectivity index (χ0v) is 12.2. The van der Waals surface area contributed by atoms with Crippen LogP contribution in [0.25, 0.3) is 11.0 Å². The fourth-order valence-electron chi connectivity index (χ4n) is 2.59. The average Bonchev–Trinajstić information content (AvgIpc) is 2.56. The molecule has 0 aliphatic rings. The lowest BCUT2D eigenvalue weighted by atomic mass is 10.2. The lowest BCUT2D eigenvalue weighted by Gasteiger charge is -2.14. The van der Waals surface area contributed by atoms with Crippen molar-refractivity contribution >= 4 is 17.0 Å². The highest BCUT2D eigenvalue weighted by Crippen LogP contribution is 2.12. The molecular weight excluding hydrogens is 296 g/mol. The Bertz CT molecular complexity index is 987. The molecule has 0 saturated carbocycles. The molecule has 6 heteroatoms. The van der Waals surface area contributed by atoms with Gasteiger partial charge in [0.2, 0.25) is 0 Å². The van der Waals surface area contributed by atoms with Gasteiger partial charge in [0.25, 0.3) is 0 Å². The van der Waals surface area contributed by atoms with Crippen molar-refractivity contribution in [2.75, 3.05) is 0 Å². The summed E-state index contributed by atoms with van der Waals surface area (Å²) in [5.74, 6) is -1.17. The first kappa shape index (κ1) is 14.8. The Kier molecular flexibility index (Phi) is 3.80. The van der Waals surface area contributed by atoms with Crippen LogP contribution in [-0.4, -0.2) is 20.2 Å². The van der Waals surface area contributed by atoms with E-state index in [4.69, 9.17) is 5.11 Å². The minimum absolute atomic E-state index is 0.253. The Labute approximate surface area is 130 Å². The molecule has 23 heavy (non-hydrogen) atoms. The minimum Gasteiger partial charge on any atom is -0.480 e. The lowest BCUT2D eigenvalue weighted by Crippen LogP contribution is -2.42. The fourth-order valence-corrected chi connectivity index (χ4v) is 2.59. The van der Waals surface area contributed by atoms with E-state index in [2.05, 4.69) is 0 Å². The maximum absolute atomic E-state index is 12.4. The van der Waals surface area contributed by atoms with Crippen molar-refractivity contribution in [3.05, 3.63) is 80.9 Å². The molecule has 0 bridgehead atoms. The molecule has 0 amide bonds. The zero-order valence-electron chi connectivity index (χ0n) is 12.2. The first-order valence-corrected chi connectivity index (χ1v) is 7.06. The highest BCUT2D eigenvalue weighted by atomic mass is 16.4. The quantitative estimate of drug-likeness (QED) is 0.736. The summed E-state index contributed by atoms with van der Waals surface area (Å²) in [6, 6.07) is 16.1. The van der Waals surface area contributed by atoms with Gasteiger partial charge in [0.15, 0.2) is 0 Å². The molecule has 0 aliphatic carbocycles. The van der Waals surface area contributed by atoms with Crippen LogP contribution >= 0.6 is 0 Å². The summed E-state index contributed by atoms with van der Waals surface area (Å²) in [6.07, 6.45) is 0. The van der Waals surface area contributed by atoms with Crippen LogP contribution < -0.4 is 11.1 Å². The summed E-state index contributed by atoms with van der Waals surface area (Å²) in [5, 5.41) is 8.98. The van der Waals surface area contributed by atoms with Crippen LogP contribution in [0.2, 0.25) is 0 Å². The van der Waals surface area contributed by atoms with Crippen molar-refractivity contribution in [2.24, 2.45) is 0 Å². The number of carbonyl (C=O) groups is 1. The summed E-state index contributed by atoms with van der Waals surface area (Å²) >= 11 is 0. The highest BCUT2D eigenvalue weighted by Gasteiger charge is 2.14.